The van der Waals surface area contributed by atoms with E-state index in [1.54, 1.807) is 6.20 Å². The van der Waals surface area contributed by atoms with Gasteiger partial charge in [-0.15, -0.1) is 0 Å². The Labute approximate surface area is 110 Å². The maximum atomic E-state index is 6.07. The Hall–Kier alpha value is -1.09. The molecule has 0 saturated carbocycles. The van der Waals surface area contributed by atoms with Crippen LogP contribution in [0.1, 0.15) is 45.1 Å². The van der Waals surface area contributed by atoms with E-state index in [2.05, 4.69) is 24.1 Å². The summed E-state index contributed by atoms with van der Waals surface area (Å²) in [5, 5.41) is 3.79. The highest BCUT2D eigenvalue weighted by Gasteiger charge is 2.34. The number of nitrogens with one attached hydrogen (secondary N) is 1. The maximum Gasteiger partial charge on any atom is 0.0378 e. The summed E-state index contributed by atoms with van der Waals surface area (Å²) in [7, 11) is 0. The van der Waals surface area contributed by atoms with Crippen LogP contribution in [0.5, 0.6) is 0 Å². The monoisotopic (exact) mass is 247 g/mol. The van der Waals surface area contributed by atoms with Crippen LogP contribution in [0.25, 0.3) is 0 Å². The lowest BCUT2D eigenvalue weighted by atomic mass is 9.77. The van der Waals surface area contributed by atoms with E-state index in [1.807, 2.05) is 12.3 Å². The van der Waals surface area contributed by atoms with E-state index in [0.717, 1.165) is 18.7 Å². The topological polar surface area (TPSA) is 50.9 Å². The summed E-state index contributed by atoms with van der Waals surface area (Å²) in [6.45, 7) is 5.74. The number of rotatable bonds is 3. The molecule has 1 atom stereocenters. The van der Waals surface area contributed by atoms with Crippen molar-refractivity contribution in [3.05, 3.63) is 24.0 Å². The minimum absolute atomic E-state index is 0.188. The van der Waals surface area contributed by atoms with Crippen molar-refractivity contribution in [3.8, 4) is 0 Å². The van der Waals surface area contributed by atoms with E-state index in [-0.39, 0.29) is 5.54 Å². The molecule has 2 rings (SSSR count). The van der Waals surface area contributed by atoms with Gasteiger partial charge in [0.2, 0.25) is 0 Å². The van der Waals surface area contributed by atoms with Gasteiger partial charge in [0, 0.05) is 23.6 Å². The van der Waals surface area contributed by atoms with Gasteiger partial charge in [-0.25, -0.2) is 0 Å². The van der Waals surface area contributed by atoms with Crippen molar-refractivity contribution < 1.29 is 0 Å². The van der Waals surface area contributed by atoms with Crippen LogP contribution in [-0.2, 0) is 6.42 Å². The maximum absolute atomic E-state index is 6.07. The molecule has 18 heavy (non-hydrogen) atoms. The number of nitrogens with zero attached hydrogens (tertiary/aromatic N) is 1. The van der Waals surface area contributed by atoms with Crippen LogP contribution < -0.4 is 11.1 Å². The minimum Gasteiger partial charge on any atom is -0.398 e. The van der Waals surface area contributed by atoms with Gasteiger partial charge in [0.25, 0.3) is 0 Å². The fourth-order valence-corrected chi connectivity index (χ4v) is 2.94. The van der Waals surface area contributed by atoms with Crippen LogP contribution in [0.2, 0.25) is 0 Å². The Morgan fingerprint density at radius 1 is 1.39 bits per heavy atom. The summed E-state index contributed by atoms with van der Waals surface area (Å²) in [5.74, 6) is 0.607. The van der Waals surface area contributed by atoms with Gasteiger partial charge < -0.3 is 11.1 Å². The van der Waals surface area contributed by atoms with E-state index in [9.17, 15) is 0 Å². The van der Waals surface area contributed by atoms with Crippen LogP contribution >= 0.6 is 0 Å². The van der Waals surface area contributed by atoms with Gasteiger partial charge in [0.1, 0.15) is 0 Å². The predicted molar refractivity (Wildman–Crippen MR) is 76.4 cm³/mol. The van der Waals surface area contributed by atoms with Crippen molar-refractivity contribution >= 4 is 5.69 Å². The zero-order valence-corrected chi connectivity index (χ0v) is 11.6. The highest BCUT2D eigenvalue weighted by atomic mass is 15.0. The molecule has 1 unspecified atom stereocenters. The van der Waals surface area contributed by atoms with E-state index in [0.29, 0.717) is 5.92 Å². The number of nitrogens with two attached hydrogens (primary N) is 1. The third-order valence-electron chi connectivity index (χ3n) is 4.33. The summed E-state index contributed by atoms with van der Waals surface area (Å²) < 4.78 is 0. The number of anilines is 1. The fourth-order valence-electron chi connectivity index (χ4n) is 2.94. The number of pyridine rings is 1. The average molecular weight is 247 g/mol. The van der Waals surface area contributed by atoms with E-state index in [1.165, 1.54) is 31.2 Å². The summed E-state index contributed by atoms with van der Waals surface area (Å²) in [6.07, 6.45) is 9.85. The van der Waals surface area contributed by atoms with Gasteiger partial charge in [-0.05, 0) is 43.4 Å². The second kappa shape index (κ2) is 5.70. The van der Waals surface area contributed by atoms with Crippen LogP contribution in [0.4, 0.5) is 5.69 Å². The van der Waals surface area contributed by atoms with Crippen molar-refractivity contribution in [2.24, 2.45) is 5.92 Å². The minimum atomic E-state index is 0.188. The smallest absolute Gasteiger partial charge is 0.0378 e. The molecule has 1 aromatic rings. The standard InChI is InChI=1S/C15H25N3/c1-12(2)15(7-4-3-5-8-18-15)10-13-11-17-9-6-14(13)16/h6,9,11-12,18H,3-5,7-8,10H2,1-2H3,(H2,16,17). The Morgan fingerprint density at radius 2 is 2.22 bits per heavy atom. The van der Waals surface area contributed by atoms with Gasteiger partial charge in [-0.2, -0.15) is 0 Å². The zero-order valence-electron chi connectivity index (χ0n) is 11.6. The molecular formula is C15H25N3. The summed E-state index contributed by atoms with van der Waals surface area (Å²) in [4.78, 5) is 4.22. The van der Waals surface area contributed by atoms with Crippen molar-refractivity contribution in [1.82, 2.24) is 10.3 Å². The van der Waals surface area contributed by atoms with Crippen molar-refractivity contribution in [3.63, 3.8) is 0 Å². The lowest BCUT2D eigenvalue weighted by Gasteiger charge is -2.38. The van der Waals surface area contributed by atoms with Crippen LogP contribution in [0.3, 0.4) is 0 Å². The Balaban J connectivity index is 2.22. The molecule has 0 amide bonds. The van der Waals surface area contributed by atoms with Gasteiger partial charge >= 0.3 is 0 Å². The number of hydrogen-bond acceptors (Lipinski definition) is 3. The molecule has 3 nitrogen and oxygen atoms in total. The first-order chi connectivity index (χ1) is 8.64. The molecule has 0 radical (unpaired) electrons. The average Bonchev–Trinajstić information content (AvgIpc) is 2.59. The molecule has 1 aliphatic rings. The lowest BCUT2D eigenvalue weighted by molar-refractivity contribution is 0.226. The first-order valence-corrected chi connectivity index (χ1v) is 7.07. The fraction of sp³-hybridized carbons (Fsp3) is 0.667. The first-order valence-electron chi connectivity index (χ1n) is 7.07. The molecule has 3 heteroatoms. The molecule has 0 aliphatic carbocycles. The normalized spacial score (nSPS) is 25.1. The van der Waals surface area contributed by atoms with Crippen LogP contribution in [0.15, 0.2) is 18.5 Å². The molecule has 0 aromatic carbocycles. The third kappa shape index (κ3) is 2.83. The second-order valence-electron chi connectivity index (χ2n) is 5.80. The summed E-state index contributed by atoms with van der Waals surface area (Å²) in [5.41, 5.74) is 8.31. The zero-order chi connectivity index (χ0) is 13.0. The Morgan fingerprint density at radius 3 is 2.94 bits per heavy atom. The van der Waals surface area contributed by atoms with Gasteiger partial charge in [0.05, 0.1) is 0 Å². The third-order valence-corrected chi connectivity index (χ3v) is 4.33. The summed E-state index contributed by atoms with van der Waals surface area (Å²) in [6, 6.07) is 1.90. The first kappa shape index (κ1) is 13.3. The number of aromatic nitrogens is 1. The molecule has 3 N–H and O–H groups in total. The lowest BCUT2D eigenvalue weighted by Crippen LogP contribution is -2.51. The molecule has 100 valence electrons. The SMILES string of the molecule is CC(C)C1(Cc2cnccc2N)CCCCCN1. The van der Waals surface area contributed by atoms with Gasteiger partial charge in [-0.1, -0.05) is 26.7 Å². The van der Waals surface area contributed by atoms with Crippen molar-refractivity contribution in [2.75, 3.05) is 12.3 Å². The molecule has 1 fully saturated rings. The van der Waals surface area contributed by atoms with Crippen LogP contribution in [0, 0.1) is 5.92 Å². The van der Waals surface area contributed by atoms with Crippen molar-refractivity contribution in [1.29, 1.82) is 0 Å². The van der Waals surface area contributed by atoms with E-state index in [4.69, 9.17) is 5.73 Å². The predicted octanol–water partition coefficient (Wildman–Crippen LogP) is 2.76. The molecule has 1 aromatic heterocycles. The van der Waals surface area contributed by atoms with E-state index >= 15 is 0 Å². The van der Waals surface area contributed by atoms with Crippen molar-refractivity contribution in [2.45, 2.75) is 51.5 Å². The molecule has 1 aliphatic heterocycles. The molecule has 0 spiro atoms. The second-order valence-corrected chi connectivity index (χ2v) is 5.80. The Bertz CT molecular complexity index is 379. The molecule has 2 heterocycles. The molecular weight excluding hydrogens is 222 g/mol. The van der Waals surface area contributed by atoms with E-state index < -0.39 is 0 Å². The van der Waals surface area contributed by atoms with Gasteiger partial charge in [0.15, 0.2) is 0 Å². The molecule has 0 bridgehead atoms. The number of nitrogen functional groups attached to an aromatic ring is 1. The quantitative estimate of drug-likeness (QED) is 0.863. The summed E-state index contributed by atoms with van der Waals surface area (Å²) >= 11 is 0. The largest absolute Gasteiger partial charge is 0.398 e. The van der Waals surface area contributed by atoms with Crippen LogP contribution in [-0.4, -0.2) is 17.1 Å². The van der Waals surface area contributed by atoms with Gasteiger partial charge in [-0.3, -0.25) is 4.98 Å². The Kier molecular flexibility index (Phi) is 4.23. The number of hydrogen-bond donors (Lipinski definition) is 2. The highest BCUT2D eigenvalue weighted by molar-refractivity contribution is 5.45. The highest BCUT2D eigenvalue weighted by Crippen LogP contribution is 2.31. The molecule has 1 saturated heterocycles.